The molecule has 1 aromatic carbocycles. The van der Waals surface area contributed by atoms with Crippen molar-refractivity contribution in [3.8, 4) is 5.75 Å². The zero-order chi connectivity index (χ0) is 15.8. The third kappa shape index (κ3) is 5.56. The van der Waals surface area contributed by atoms with Crippen LogP contribution >= 0.6 is 0 Å². The van der Waals surface area contributed by atoms with Crippen LogP contribution in [0.15, 0.2) is 35.3 Å². The summed E-state index contributed by atoms with van der Waals surface area (Å²) in [7, 11) is 4.00. The van der Waals surface area contributed by atoms with Crippen molar-refractivity contribution in [3.63, 3.8) is 0 Å². The minimum absolute atomic E-state index is 0.506. The highest BCUT2D eigenvalue weighted by Crippen LogP contribution is 2.26. The Kier molecular flexibility index (Phi) is 6.52. The Hall–Kier alpha value is -1.75. The van der Waals surface area contributed by atoms with Crippen molar-refractivity contribution >= 4 is 5.96 Å². The number of para-hydroxylation sites is 1. The third-order valence-corrected chi connectivity index (χ3v) is 4.01. The largest absolute Gasteiger partial charge is 0.492 e. The summed E-state index contributed by atoms with van der Waals surface area (Å²) in [6.45, 7) is 4.48. The Labute approximate surface area is 133 Å². The highest BCUT2D eigenvalue weighted by atomic mass is 16.5. The van der Waals surface area contributed by atoms with E-state index in [0.29, 0.717) is 12.6 Å². The fourth-order valence-electron chi connectivity index (χ4n) is 2.31. The smallest absolute Gasteiger partial charge is 0.191 e. The minimum Gasteiger partial charge on any atom is -0.492 e. The molecule has 0 radical (unpaired) electrons. The monoisotopic (exact) mass is 304 g/mol. The van der Waals surface area contributed by atoms with Gasteiger partial charge in [-0.3, -0.25) is 9.89 Å². The van der Waals surface area contributed by atoms with Crippen LogP contribution in [0.1, 0.15) is 19.8 Å². The molecular formula is C17H28N4O. The van der Waals surface area contributed by atoms with E-state index in [2.05, 4.69) is 34.5 Å². The molecule has 1 atom stereocenters. The molecule has 122 valence electrons. The summed E-state index contributed by atoms with van der Waals surface area (Å²) in [5.41, 5.74) is 0. The first-order valence-electron chi connectivity index (χ1n) is 8.05. The topological polar surface area (TPSA) is 48.9 Å². The fraction of sp³-hybridized carbons (Fsp3) is 0.588. The Bertz CT molecular complexity index is 459. The Morgan fingerprint density at radius 1 is 1.32 bits per heavy atom. The van der Waals surface area contributed by atoms with E-state index in [1.54, 1.807) is 7.05 Å². The van der Waals surface area contributed by atoms with E-state index in [0.717, 1.165) is 30.8 Å². The number of guanidine groups is 1. The summed E-state index contributed by atoms with van der Waals surface area (Å²) in [5, 5.41) is 6.65. The van der Waals surface area contributed by atoms with Gasteiger partial charge in [-0.2, -0.15) is 0 Å². The van der Waals surface area contributed by atoms with Crippen LogP contribution in [-0.4, -0.2) is 56.7 Å². The molecule has 0 aliphatic heterocycles. The summed E-state index contributed by atoms with van der Waals surface area (Å²) in [6.07, 6.45) is 2.68. The zero-order valence-corrected chi connectivity index (χ0v) is 13.9. The molecule has 0 heterocycles. The molecular weight excluding hydrogens is 276 g/mol. The SMILES string of the molecule is CN=C(NCCOc1ccccc1)NCC(C)N(C)C1CC1. The van der Waals surface area contributed by atoms with Gasteiger partial charge in [-0.1, -0.05) is 18.2 Å². The van der Waals surface area contributed by atoms with Gasteiger partial charge in [-0.25, -0.2) is 0 Å². The molecule has 1 aliphatic rings. The van der Waals surface area contributed by atoms with E-state index < -0.39 is 0 Å². The van der Waals surface area contributed by atoms with E-state index in [4.69, 9.17) is 4.74 Å². The second-order valence-electron chi connectivity index (χ2n) is 5.79. The molecule has 0 saturated heterocycles. The third-order valence-electron chi connectivity index (χ3n) is 4.01. The van der Waals surface area contributed by atoms with Crippen LogP contribution < -0.4 is 15.4 Å². The lowest BCUT2D eigenvalue weighted by atomic mass is 10.3. The van der Waals surface area contributed by atoms with E-state index in [1.807, 2.05) is 30.3 Å². The number of benzene rings is 1. The molecule has 1 aromatic rings. The van der Waals surface area contributed by atoms with Crippen molar-refractivity contribution in [1.29, 1.82) is 0 Å². The van der Waals surface area contributed by atoms with Gasteiger partial charge in [0, 0.05) is 25.7 Å². The molecule has 5 heteroatoms. The van der Waals surface area contributed by atoms with Crippen LogP contribution in [0.3, 0.4) is 0 Å². The average Bonchev–Trinajstić information content (AvgIpc) is 3.39. The standard InChI is InChI=1S/C17H28N4O/c1-14(21(3)15-9-10-15)13-20-17(18-2)19-11-12-22-16-7-5-4-6-8-16/h4-8,14-15H,9-13H2,1-3H3,(H2,18,19,20). The van der Waals surface area contributed by atoms with E-state index >= 15 is 0 Å². The summed E-state index contributed by atoms with van der Waals surface area (Å²) in [4.78, 5) is 6.69. The van der Waals surface area contributed by atoms with Gasteiger partial charge in [-0.15, -0.1) is 0 Å². The highest BCUT2D eigenvalue weighted by Gasteiger charge is 2.28. The predicted molar refractivity (Wildman–Crippen MR) is 91.5 cm³/mol. The molecule has 22 heavy (non-hydrogen) atoms. The lowest BCUT2D eigenvalue weighted by Crippen LogP contribution is -2.46. The molecule has 1 aliphatic carbocycles. The molecule has 2 rings (SSSR count). The molecule has 5 nitrogen and oxygen atoms in total. The number of ether oxygens (including phenoxy) is 1. The first-order valence-corrected chi connectivity index (χ1v) is 8.05. The number of aliphatic imine (C=N–C) groups is 1. The van der Waals surface area contributed by atoms with Gasteiger partial charge in [0.05, 0.1) is 6.54 Å². The van der Waals surface area contributed by atoms with Gasteiger partial charge in [0.15, 0.2) is 5.96 Å². The maximum Gasteiger partial charge on any atom is 0.191 e. The number of likely N-dealkylation sites (N-methyl/N-ethyl adjacent to an activating group) is 1. The average molecular weight is 304 g/mol. The van der Waals surface area contributed by atoms with Crippen LogP contribution in [0.4, 0.5) is 0 Å². The van der Waals surface area contributed by atoms with Gasteiger partial charge in [0.25, 0.3) is 0 Å². The molecule has 1 fully saturated rings. The van der Waals surface area contributed by atoms with Crippen LogP contribution in [-0.2, 0) is 0 Å². The quantitative estimate of drug-likeness (QED) is 0.436. The van der Waals surface area contributed by atoms with Gasteiger partial charge in [0.2, 0.25) is 0 Å². The number of hydrogen-bond acceptors (Lipinski definition) is 3. The summed E-state index contributed by atoms with van der Waals surface area (Å²) in [5.74, 6) is 1.72. The van der Waals surface area contributed by atoms with Gasteiger partial charge < -0.3 is 15.4 Å². The van der Waals surface area contributed by atoms with Crippen molar-refractivity contribution in [2.45, 2.75) is 31.8 Å². The number of rotatable bonds is 8. The Balaban J connectivity index is 1.60. The van der Waals surface area contributed by atoms with Crippen LogP contribution in [0.25, 0.3) is 0 Å². The van der Waals surface area contributed by atoms with Gasteiger partial charge in [-0.05, 0) is 38.9 Å². The van der Waals surface area contributed by atoms with Crippen LogP contribution in [0, 0.1) is 0 Å². The zero-order valence-electron chi connectivity index (χ0n) is 13.9. The molecule has 0 amide bonds. The van der Waals surface area contributed by atoms with Crippen molar-refractivity contribution in [1.82, 2.24) is 15.5 Å². The maximum atomic E-state index is 5.65. The molecule has 0 spiro atoms. The molecule has 0 aromatic heterocycles. The highest BCUT2D eigenvalue weighted by molar-refractivity contribution is 5.79. The lowest BCUT2D eigenvalue weighted by Gasteiger charge is -2.25. The normalized spacial score (nSPS) is 16.5. The van der Waals surface area contributed by atoms with Crippen LogP contribution in [0.2, 0.25) is 0 Å². The van der Waals surface area contributed by atoms with Crippen LogP contribution in [0.5, 0.6) is 5.75 Å². The molecule has 0 bridgehead atoms. The number of nitrogens with one attached hydrogen (secondary N) is 2. The van der Waals surface area contributed by atoms with Gasteiger partial charge >= 0.3 is 0 Å². The summed E-state index contributed by atoms with van der Waals surface area (Å²) >= 11 is 0. The van der Waals surface area contributed by atoms with E-state index in [-0.39, 0.29) is 0 Å². The number of hydrogen-bond donors (Lipinski definition) is 2. The molecule has 1 saturated carbocycles. The van der Waals surface area contributed by atoms with Crippen molar-refractivity contribution in [3.05, 3.63) is 30.3 Å². The van der Waals surface area contributed by atoms with Crippen molar-refractivity contribution < 1.29 is 4.74 Å². The molecule has 2 N–H and O–H groups in total. The first-order chi connectivity index (χ1) is 10.7. The summed E-state index contributed by atoms with van der Waals surface area (Å²) in [6, 6.07) is 11.1. The van der Waals surface area contributed by atoms with E-state index in [9.17, 15) is 0 Å². The maximum absolute atomic E-state index is 5.65. The second-order valence-corrected chi connectivity index (χ2v) is 5.79. The molecule has 1 unspecified atom stereocenters. The summed E-state index contributed by atoms with van der Waals surface area (Å²) < 4.78 is 5.65. The van der Waals surface area contributed by atoms with Crippen molar-refractivity contribution in [2.24, 2.45) is 4.99 Å². The first kappa shape index (κ1) is 16.6. The minimum atomic E-state index is 0.506. The lowest BCUT2D eigenvalue weighted by molar-refractivity contribution is 0.247. The van der Waals surface area contributed by atoms with Crippen molar-refractivity contribution in [2.75, 3.05) is 33.8 Å². The number of nitrogens with zero attached hydrogens (tertiary/aromatic N) is 2. The fourth-order valence-corrected chi connectivity index (χ4v) is 2.31. The van der Waals surface area contributed by atoms with E-state index in [1.165, 1.54) is 12.8 Å². The Morgan fingerprint density at radius 2 is 2.05 bits per heavy atom. The van der Waals surface area contributed by atoms with Gasteiger partial charge in [0.1, 0.15) is 12.4 Å². The predicted octanol–water partition coefficient (Wildman–Crippen LogP) is 1.71. The Morgan fingerprint density at radius 3 is 2.68 bits per heavy atom. The second kappa shape index (κ2) is 8.63.